The minimum atomic E-state index is 0.538. The van der Waals surface area contributed by atoms with Gasteiger partial charge in [-0.2, -0.15) is 0 Å². The fourth-order valence-electron chi connectivity index (χ4n) is 3.80. The van der Waals surface area contributed by atoms with Crippen molar-refractivity contribution in [2.24, 2.45) is 5.92 Å². The zero-order valence-corrected chi connectivity index (χ0v) is 19.2. The molecule has 0 radical (unpaired) electrons. The lowest BCUT2D eigenvalue weighted by atomic mass is 9.93. The van der Waals surface area contributed by atoms with Crippen LogP contribution in [-0.2, 0) is 6.42 Å². The Balaban J connectivity index is 2.29. The Hall–Kier alpha value is -1.78. The zero-order valence-electron chi connectivity index (χ0n) is 18.2. The van der Waals surface area contributed by atoms with Gasteiger partial charge in [0.05, 0.1) is 0 Å². The van der Waals surface area contributed by atoms with Gasteiger partial charge in [-0.05, 0) is 84.9 Å². The topological polar surface area (TPSA) is 0 Å². The molecule has 0 bridgehead atoms. The van der Waals surface area contributed by atoms with E-state index in [2.05, 4.69) is 91.5 Å². The minimum absolute atomic E-state index is 0.538. The third-order valence-corrected chi connectivity index (χ3v) is 6.72. The highest BCUT2D eigenvalue weighted by molar-refractivity contribution is 7.32. The van der Waals surface area contributed by atoms with Crippen LogP contribution in [0.25, 0.3) is 11.1 Å². The molecule has 0 nitrogen and oxygen atoms in total. The predicted molar refractivity (Wildman–Crippen MR) is 126 cm³/mol. The highest BCUT2D eigenvalue weighted by atomic mass is 31.0. The van der Waals surface area contributed by atoms with Crippen molar-refractivity contribution in [2.75, 3.05) is 0 Å². The molecule has 0 aliphatic heterocycles. The molecule has 2 rings (SSSR count). The quantitative estimate of drug-likeness (QED) is 0.425. The first-order chi connectivity index (χ1) is 12.7. The van der Waals surface area contributed by atoms with Crippen LogP contribution >= 0.6 is 8.19 Å². The van der Waals surface area contributed by atoms with Crippen LogP contribution in [0.1, 0.15) is 67.0 Å². The molecule has 0 saturated carbocycles. The number of aryl methyl sites for hydroxylation is 3. The van der Waals surface area contributed by atoms with Crippen molar-refractivity contribution in [2.45, 2.75) is 61.3 Å². The smallest absolute Gasteiger partial charge is 0.00637 e. The first-order valence-corrected chi connectivity index (χ1v) is 11.0. The molecule has 1 heterocycles. The van der Waals surface area contributed by atoms with Crippen molar-refractivity contribution >= 4 is 19.3 Å². The van der Waals surface area contributed by atoms with E-state index in [0.717, 1.165) is 21.0 Å². The average Bonchev–Trinajstić information content (AvgIpc) is 2.88. The monoisotopic (exact) mass is 378 g/mol. The van der Waals surface area contributed by atoms with E-state index in [-0.39, 0.29) is 0 Å². The first kappa shape index (κ1) is 21.5. The normalized spacial score (nSPS) is 13.0. The van der Waals surface area contributed by atoms with Gasteiger partial charge in [0.25, 0.3) is 0 Å². The Morgan fingerprint density at radius 3 is 2.26 bits per heavy atom. The predicted octanol–water partition coefficient (Wildman–Crippen LogP) is 8.29. The zero-order chi connectivity index (χ0) is 20.1. The lowest BCUT2D eigenvalue weighted by Gasteiger charge is -2.12. The SMILES string of the molecule is C=C(/C=C(/C)C/C(=C\C(C)C)c1ccc(C)cc1)c1c(C)[pH]c(CC)c1C. The Labute approximate surface area is 168 Å². The highest BCUT2D eigenvalue weighted by Gasteiger charge is 2.12. The van der Waals surface area contributed by atoms with E-state index >= 15 is 0 Å². The number of hydrogen-bond donors (Lipinski definition) is 0. The summed E-state index contributed by atoms with van der Waals surface area (Å²) in [7, 11) is 0.850. The standard InChI is InChI=1S/C26H35P/c1-9-25-21(7)26(22(8)27-25)20(6)15-19(5)16-24(14-17(2)3)23-12-10-18(4)11-13-23/h10-15,17,27H,6,9,16H2,1-5,7-8H3/b19-15-,24-14+. The third-order valence-electron chi connectivity index (χ3n) is 5.06. The van der Waals surface area contributed by atoms with Crippen molar-refractivity contribution < 1.29 is 0 Å². The molecule has 0 N–H and O–H groups in total. The maximum Gasteiger partial charge on any atom is -0.00637 e. The molecule has 2 aromatic rings. The largest absolute Gasteiger partial charge is 0.133 e. The second kappa shape index (κ2) is 9.43. The molecule has 0 aliphatic rings. The van der Waals surface area contributed by atoms with Gasteiger partial charge in [-0.15, -0.1) is 8.19 Å². The van der Waals surface area contributed by atoms with Crippen molar-refractivity contribution in [3.05, 3.63) is 81.4 Å². The summed E-state index contributed by atoms with van der Waals surface area (Å²) in [5.74, 6) is 0.538. The number of rotatable bonds is 7. The highest BCUT2D eigenvalue weighted by Crippen LogP contribution is 2.37. The Bertz CT molecular complexity index is 854. The molecule has 1 heteroatoms. The van der Waals surface area contributed by atoms with E-state index in [9.17, 15) is 0 Å². The van der Waals surface area contributed by atoms with E-state index in [4.69, 9.17) is 0 Å². The van der Waals surface area contributed by atoms with Gasteiger partial charge in [0, 0.05) is 0 Å². The molecule has 0 spiro atoms. The lowest BCUT2D eigenvalue weighted by molar-refractivity contribution is 0.830. The van der Waals surface area contributed by atoms with Gasteiger partial charge >= 0.3 is 0 Å². The minimum Gasteiger partial charge on any atom is -0.133 e. The summed E-state index contributed by atoms with van der Waals surface area (Å²) in [6.45, 7) is 20.1. The van der Waals surface area contributed by atoms with Crippen LogP contribution in [0.2, 0.25) is 0 Å². The number of benzene rings is 1. The summed E-state index contributed by atoms with van der Waals surface area (Å²) in [6.07, 6.45) is 6.81. The molecule has 1 aromatic heterocycles. The molecule has 0 aliphatic carbocycles. The van der Waals surface area contributed by atoms with E-state index < -0.39 is 0 Å². The second-order valence-electron chi connectivity index (χ2n) is 8.08. The van der Waals surface area contributed by atoms with Gasteiger partial charge in [-0.3, -0.25) is 0 Å². The van der Waals surface area contributed by atoms with Crippen LogP contribution in [0.5, 0.6) is 0 Å². The molecule has 0 fully saturated rings. The molecule has 1 atom stereocenters. The van der Waals surface area contributed by atoms with Gasteiger partial charge in [0.2, 0.25) is 0 Å². The molecular formula is C26H35P. The fourth-order valence-corrected chi connectivity index (χ4v) is 5.21. The van der Waals surface area contributed by atoms with Crippen molar-refractivity contribution in [1.82, 2.24) is 0 Å². The molecule has 144 valence electrons. The van der Waals surface area contributed by atoms with E-state index in [1.807, 2.05) is 0 Å². The van der Waals surface area contributed by atoms with E-state index in [0.29, 0.717) is 5.92 Å². The van der Waals surface area contributed by atoms with Gasteiger partial charge < -0.3 is 0 Å². The average molecular weight is 379 g/mol. The van der Waals surface area contributed by atoms with Crippen LogP contribution in [0.15, 0.2) is 48.6 Å². The molecular weight excluding hydrogens is 343 g/mol. The lowest BCUT2D eigenvalue weighted by Crippen LogP contribution is -1.92. The summed E-state index contributed by atoms with van der Waals surface area (Å²) in [5, 5.41) is 3.09. The maximum atomic E-state index is 4.42. The van der Waals surface area contributed by atoms with E-state index in [1.165, 1.54) is 44.3 Å². The maximum absolute atomic E-state index is 4.42. The van der Waals surface area contributed by atoms with Gasteiger partial charge in [-0.25, -0.2) is 0 Å². The van der Waals surface area contributed by atoms with Crippen LogP contribution in [-0.4, -0.2) is 0 Å². The van der Waals surface area contributed by atoms with Crippen LogP contribution in [0, 0.1) is 26.7 Å². The van der Waals surface area contributed by atoms with Crippen LogP contribution in [0.4, 0.5) is 0 Å². The first-order valence-electron chi connectivity index (χ1n) is 10.0. The summed E-state index contributed by atoms with van der Waals surface area (Å²) in [5.41, 5.74) is 9.44. The molecule has 27 heavy (non-hydrogen) atoms. The molecule has 0 amide bonds. The Morgan fingerprint density at radius 1 is 1.11 bits per heavy atom. The molecule has 0 saturated heterocycles. The van der Waals surface area contributed by atoms with Gasteiger partial charge in [0.15, 0.2) is 0 Å². The van der Waals surface area contributed by atoms with Gasteiger partial charge in [-0.1, -0.05) is 74.9 Å². The number of allylic oxidation sites excluding steroid dienone is 5. The summed E-state index contributed by atoms with van der Waals surface area (Å²) < 4.78 is 0. The van der Waals surface area contributed by atoms with Gasteiger partial charge in [0.1, 0.15) is 0 Å². The van der Waals surface area contributed by atoms with Crippen LogP contribution in [0.3, 0.4) is 0 Å². The van der Waals surface area contributed by atoms with Crippen molar-refractivity contribution in [1.29, 1.82) is 0 Å². The molecule has 1 aromatic carbocycles. The van der Waals surface area contributed by atoms with E-state index in [1.54, 1.807) is 5.30 Å². The summed E-state index contributed by atoms with van der Waals surface area (Å²) in [4.78, 5) is 0. The van der Waals surface area contributed by atoms with Crippen LogP contribution < -0.4 is 0 Å². The summed E-state index contributed by atoms with van der Waals surface area (Å²) >= 11 is 0. The molecule has 1 unspecified atom stereocenters. The summed E-state index contributed by atoms with van der Waals surface area (Å²) in [6, 6.07) is 8.90. The Kier molecular flexibility index (Phi) is 7.51. The number of hydrogen-bond acceptors (Lipinski definition) is 0. The van der Waals surface area contributed by atoms with Crippen molar-refractivity contribution in [3.8, 4) is 0 Å². The fraction of sp³-hybridized carbons (Fsp3) is 0.385. The second-order valence-corrected chi connectivity index (χ2v) is 9.68. The van der Waals surface area contributed by atoms with Crippen molar-refractivity contribution in [3.63, 3.8) is 0 Å². The third kappa shape index (κ3) is 5.60. The Morgan fingerprint density at radius 2 is 1.74 bits per heavy atom.